The minimum Gasteiger partial charge on any atom is -0.481 e. The first-order valence-corrected chi connectivity index (χ1v) is 4.99. The van der Waals surface area contributed by atoms with Crippen LogP contribution in [0, 0.1) is 0 Å². The van der Waals surface area contributed by atoms with Gasteiger partial charge >= 0.3 is 5.97 Å². The van der Waals surface area contributed by atoms with E-state index in [0.717, 1.165) is 11.3 Å². The lowest BCUT2D eigenvalue weighted by molar-refractivity contribution is -0.136. The molecular formula is C10H11N5O2. The topological polar surface area (TPSA) is 107 Å². The molecule has 1 aromatic carbocycles. The number of carboxylic acid groups (broad SMARTS) is 1. The van der Waals surface area contributed by atoms with E-state index in [2.05, 4.69) is 15.5 Å². The summed E-state index contributed by atoms with van der Waals surface area (Å²) in [5.41, 5.74) is 6.97. The molecule has 3 N–H and O–H groups in total. The van der Waals surface area contributed by atoms with Gasteiger partial charge in [0.2, 0.25) is 0 Å². The number of rotatable bonds is 4. The fourth-order valence-electron chi connectivity index (χ4n) is 1.46. The number of tetrazole rings is 1. The summed E-state index contributed by atoms with van der Waals surface area (Å²) in [4.78, 5) is 10.5. The van der Waals surface area contributed by atoms with Crippen LogP contribution in [-0.4, -0.2) is 31.3 Å². The van der Waals surface area contributed by atoms with Crippen molar-refractivity contribution in [1.29, 1.82) is 0 Å². The van der Waals surface area contributed by atoms with Crippen LogP contribution in [0.5, 0.6) is 0 Å². The fourth-order valence-corrected chi connectivity index (χ4v) is 1.46. The molecular weight excluding hydrogens is 222 g/mol. The summed E-state index contributed by atoms with van der Waals surface area (Å²) < 4.78 is 1.52. The van der Waals surface area contributed by atoms with Gasteiger partial charge in [0.05, 0.1) is 18.7 Å². The van der Waals surface area contributed by atoms with Gasteiger partial charge in [-0.25, -0.2) is 0 Å². The highest BCUT2D eigenvalue weighted by molar-refractivity contribution is 5.70. The van der Waals surface area contributed by atoms with Crippen LogP contribution in [0.15, 0.2) is 24.3 Å². The number of carbonyl (C=O) groups is 1. The highest BCUT2D eigenvalue weighted by Crippen LogP contribution is 2.10. The van der Waals surface area contributed by atoms with Crippen LogP contribution < -0.4 is 5.73 Å². The van der Waals surface area contributed by atoms with E-state index in [1.54, 1.807) is 24.3 Å². The molecule has 0 fully saturated rings. The highest BCUT2D eigenvalue weighted by atomic mass is 16.4. The third kappa shape index (κ3) is 2.45. The van der Waals surface area contributed by atoms with Crippen molar-refractivity contribution in [1.82, 2.24) is 20.2 Å². The van der Waals surface area contributed by atoms with Crippen molar-refractivity contribution in [3.63, 3.8) is 0 Å². The lowest BCUT2D eigenvalue weighted by atomic mass is 10.1. The lowest BCUT2D eigenvalue weighted by Gasteiger charge is -2.03. The third-order valence-electron chi connectivity index (χ3n) is 2.25. The van der Waals surface area contributed by atoms with Crippen molar-refractivity contribution in [3.8, 4) is 5.69 Å². The van der Waals surface area contributed by atoms with Crippen molar-refractivity contribution in [3.05, 3.63) is 35.7 Å². The zero-order valence-corrected chi connectivity index (χ0v) is 8.95. The third-order valence-corrected chi connectivity index (χ3v) is 2.25. The summed E-state index contributed by atoms with van der Waals surface area (Å²) in [6, 6.07) is 6.97. The van der Waals surface area contributed by atoms with E-state index in [0.29, 0.717) is 5.82 Å². The average molecular weight is 233 g/mol. The zero-order chi connectivity index (χ0) is 12.3. The first kappa shape index (κ1) is 11.2. The minimum atomic E-state index is -0.859. The quantitative estimate of drug-likeness (QED) is 0.754. The summed E-state index contributed by atoms with van der Waals surface area (Å²) in [6.45, 7) is 0.240. The molecule has 1 aromatic heterocycles. The molecule has 0 saturated heterocycles. The van der Waals surface area contributed by atoms with Gasteiger partial charge in [0, 0.05) is 0 Å². The molecule has 88 valence electrons. The second kappa shape index (κ2) is 4.71. The van der Waals surface area contributed by atoms with E-state index in [1.807, 2.05) is 0 Å². The molecule has 0 unspecified atom stereocenters. The molecule has 1 heterocycles. The first-order valence-electron chi connectivity index (χ1n) is 4.99. The van der Waals surface area contributed by atoms with Gasteiger partial charge in [0.15, 0.2) is 5.82 Å². The molecule has 17 heavy (non-hydrogen) atoms. The Kier molecular flexibility index (Phi) is 3.10. The van der Waals surface area contributed by atoms with Crippen LogP contribution in [-0.2, 0) is 17.8 Å². The van der Waals surface area contributed by atoms with Crippen molar-refractivity contribution in [2.75, 3.05) is 0 Å². The molecule has 0 aliphatic heterocycles. The number of nitrogens with two attached hydrogens (primary N) is 1. The van der Waals surface area contributed by atoms with Gasteiger partial charge in [0.1, 0.15) is 0 Å². The fraction of sp³-hybridized carbons (Fsp3) is 0.200. The van der Waals surface area contributed by atoms with E-state index in [-0.39, 0.29) is 13.0 Å². The van der Waals surface area contributed by atoms with Crippen LogP contribution in [0.2, 0.25) is 0 Å². The molecule has 0 amide bonds. The molecule has 7 nitrogen and oxygen atoms in total. The van der Waals surface area contributed by atoms with Gasteiger partial charge in [0.25, 0.3) is 0 Å². The van der Waals surface area contributed by atoms with Crippen LogP contribution in [0.4, 0.5) is 0 Å². The molecule has 0 aliphatic rings. The molecule has 0 bridgehead atoms. The highest BCUT2D eigenvalue weighted by Gasteiger charge is 2.06. The Morgan fingerprint density at radius 3 is 2.65 bits per heavy atom. The maximum atomic E-state index is 10.5. The van der Waals surface area contributed by atoms with E-state index in [1.165, 1.54) is 4.68 Å². The Hall–Kier alpha value is -2.28. The SMILES string of the molecule is NCc1nnnn1-c1ccc(CC(=O)O)cc1. The van der Waals surface area contributed by atoms with Gasteiger partial charge in [-0.1, -0.05) is 12.1 Å². The van der Waals surface area contributed by atoms with Crippen LogP contribution in [0.1, 0.15) is 11.4 Å². The Morgan fingerprint density at radius 1 is 1.35 bits per heavy atom. The predicted octanol–water partition coefficient (Wildman–Crippen LogP) is -0.252. The van der Waals surface area contributed by atoms with Crippen LogP contribution >= 0.6 is 0 Å². The Morgan fingerprint density at radius 2 is 2.06 bits per heavy atom. The van der Waals surface area contributed by atoms with Crippen molar-refractivity contribution >= 4 is 5.97 Å². The Balaban J connectivity index is 2.26. The second-order valence-corrected chi connectivity index (χ2v) is 3.45. The summed E-state index contributed by atoms with van der Waals surface area (Å²) in [5.74, 6) is -0.307. The summed E-state index contributed by atoms with van der Waals surface area (Å²) in [5, 5.41) is 19.7. The molecule has 0 spiro atoms. The molecule has 0 aliphatic carbocycles. The molecule has 0 radical (unpaired) electrons. The number of carboxylic acids is 1. The maximum absolute atomic E-state index is 10.5. The molecule has 2 aromatic rings. The van der Waals surface area contributed by atoms with E-state index >= 15 is 0 Å². The van der Waals surface area contributed by atoms with Gasteiger partial charge in [-0.05, 0) is 28.1 Å². The van der Waals surface area contributed by atoms with Crippen molar-refractivity contribution < 1.29 is 9.90 Å². The first-order chi connectivity index (χ1) is 8.20. The van der Waals surface area contributed by atoms with Gasteiger partial charge < -0.3 is 10.8 Å². The van der Waals surface area contributed by atoms with Gasteiger partial charge in [-0.3, -0.25) is 4.79 Å². The smallest absolute Gasteiger partial charge is 0.307 e. The van der Waals surface area contributed by atoms with Gasteiger partial charge in [-0.15, -0.1) is 5.10 Å². The van der Waals surface area contributed by atoms with Crippen molar-refractivity contribution in [2.24, 2.45) is 5.73 Å². The number of aromatic nitrogens is 4. The minimum absolute atomic E-state index is 0.000364. The van der Waals surface area contributed by atoms with E-state index in [4.69, 9.17) is 10.8 Å². The molecule has 2 rings (SSSR count). The Labute approximate surface area is 96.9 Å². The van der Waals surface area contributed by atoms with Crippen LogP contribution in [0.25, 0.3) is 5.69 Å². The zero-order valence-electron chi connectivity index (χ0n) is 8.95. The summed E-state index contributed by atoms with van der Waals surface area (Å²) in [7, 11) is 0. The molecule has 0 atom stereocenters. The van der Waals surface area contributed by atoms with Crippen LogP contribution in [0.3, 0.4) is 0 Å². The Bertz CT molecular complexity index is 520. The lowest BCUT2D eigenvalue weighted by Crippen LogP contribution is -2.08. The number of nitrogens with zero attached hydrogens (tertiary/aromatic N) is 4. The normalized spacial score (nSPS) is 10.4. The average Bonchev–Trinajstić information content (AvgIpc) is 2.77. The summed E-state index contributed by atoms with van der Waals surface area (Å²) >= 11 is 0. The number of aliphatic carboxylic acids is 1. The van der Waals surface area contributed by atoms with E-state index < -0.39 is 5.97 Å². The van der Waals surface area contributed by atoms with E-state index in [9.17, 15) is 4.79 Å². The van der Waals surface area contributed by atoms with Crippen molar-refractivity contribution in [2.45, 2.75) is 13.0 Å². The predicted molar refractivity (Wildman–Crippen MR) is 58.4 cm³/mol. The second-order valence-electron chi connectivity index (χ2n) is 3.45. The number of benzene rings is 1. The summed E-state index contributed by atoms with van der Waals surface area (Å²) in [6.07, 6.45) is -0.000364. The number of hydrogen-bond donors (Lipinski definition) is 2. The molecule has 0 saturated carbocycles. The standard InChI is InChI=1S/C10H11N5O2/c11-6-9-12-13-14-15(9)8-3-1-7(2-4-8)5-10(16)17/h1-4H,5-6,11H2,(H,16,17). The largest absolute Gasteiger partial charge is 0.481 e. The number of hydrogen-bond acceptors (Lipinski definition) is 5. The monoisotopic (exact) mass is 233 g/mol. The molecule has 7 heteroatoms. The maximum Gasteiger partial charge on any atom is 0.307 e. The van der Waals surface area contributed by atoms with Gasteiger partial charge in [-0.2, -0.15) is 4.68 Å².